The van der Waals surface area contributed by atoms with E-state index in [2.05, 4.69) is 5.11 Å². The topological polar surface area (TPSA) is 46.2 Å². The molecule has 10 heavy (non-hydrogen) atoms. The zero-order valence-electron chi connectivity index (χ0n) is 6.92. The molecular formula is C8H11NO. The first-order valence-corrected chi connectivity index (χ1v) is 3.20. The number of aryl methyl sites for hydroxylation is 1. The number of nitrogens with two attached hydrogens (primary N) is 1. The summed E-state index contributed by atoms with van der Waals surface area (Å²) in [6.45, 7) is 2.36. The Morgan fingerprint density at radius 2 is 2.50 bits per heavy atom. The van der Waals surface area contributed by atoms with Gasteiger partial charge >= 0.3 is 0 Å². The summed E-state index contributed by atoms with van der Waals surface area (Å²) in [7, 11) is 0. The van der Waals surface area contributed by atoms with Crippen molar-refractivity contribution < 1.29 is 5.11 Å². The number of hydrogen-bond donors (Lipinski definition) is 2. The normalized spacial score (nSPS) is 10.8. The van der Waals surface area contributed by atoms with Gasteiger partial charge in [-0.1, -0.05) is 12.1 Å². The van der Waals surface area contributed by atoms with E-state index >= 15 is 0 Å². The number of aromatic hydroxyl groups is 1. The number of rotatable bonds is 2. The van der Waals surface area contributed by atoms with Gasteiger partial charge < -0.3 is 10.8 Å². The summed E-state index contributed by atoms with van der Waals surface area (Å²) >= 11 is 0. The van der Waals surface area contributed by atoms with E-state index in [0.29, 0.717) is 12.3 Å². The minimum atomic E-state index is 0.411. The molecule has 0 aliphatic heterocycles. The van der Waals surface area contributed by atoms with Gasteiger partial charge in [0.25, 0.3) is 1.43 Å². The van der Waals surface area contributed by atoms with Crippen molar-refractivity contribution >= 4 is 0 Å². The lowest BCUT2D eigenvalue weighted by atomic mass is 10.1. The minimum absolute atomic E-state index is 0.411. The molecule has 0 amide bonds. The molecule has 3 N–H and O–H groups in total. The SMILES string of the molecule is [3H]Oc1cc(C)ccc1CN. The molecule has 0 saturated heterocycles. The Morgan fingerprint density at radius 3 is 3.10 bits per heavy atom. The van der Waals surface area contributed by atoms with Crippen LogP contribution in [-0.4, -0.2) is 6.54 Å². The van der Waals surface area contributed by atoms with Gasteiger partial charge in [0.1, 0.15) is 5.75 Å². The molecule has 0 spiro atoms. The first-order chi connectivity index (χ1) is 5.27. The minimum Gasteiger partial charge on any atom is -0.508 e. The molecule has 0 fully saturated rings. The van der Waals surface area contributed by atoms with Gasteiger partial charge in [-0.25, -0.2) is 0 Å². The van der Waals surface area contributed by atoms with E-state index in [9.17, 15) is 0 Å². The average molecular weight is 139 g/mol. The van der Waals surface area contributed by atoms with Crippen LogP contribution in [0.4, 0.5) is 0 Å². The summed E-state index contributed by atoms with van der Waals surface area (Å²) in [6, 6.07) is 5.62. The zero-order chi connectivity index (χ0) is 8.27. The summed E-state index contributed by atoms with van der Waals surface area (Å²) < 4.78 is 6.73. The molecule has 2 heteroatoms. The van der Waals surface area contributed by atoms with Crippen molar-refractivity contribution in [2.45, 2.75) is 13.5 Å². The van der Waals surface area contributed by atoms with Gasteiger partial charge in [-0.3, -0.25) is 0 Å². The molecule has 1 aromatic carbocycles. The van der Waals surface area contributed by atoms with Crippen LogP contribution in [-0.2, 0) is 6.54 Å². The first-order valence-electron chi connectivity index (χ1n) is 3.61. The monoisotopic (exact) mass is 139 g/mol. The Morgan fingerprint density at radius 1 is 1.70 bits per heavy atom. The molecule has 54 valence electrons. The predicted molar refractivity (Wildman–Crippen MR) is 40.7 cm³/mol. The van der Waals surface area contributed by atoms with Crippen molar-refractivity contribution in [3.63, 3.8) is 0 Å². The summed E-state index contributed by atoms with van der Waals surface area (Å²) in [5.41, 5.74) is 7.35. The molecule has 0 atom stereocenters. The van der Waals surface area contributed by atoms with Crippen LogP contribution >= 0.6 is 0 Å². The second-order valence-electron chi connectivity index (χ2n) is 2.32. The molecule has 2 nitrogen and oxygen atoms in total. The lowest BCUT2D eigenvalue weighted by Crippen LogP contribution is -1.96. The fourth-order valence-corrected chi connectivity index (χ4v) is 0.830. The fourth-order valence-electron chi connectivity index (χ4n) is 0.830. The summed E-state index contributed by atoms with van der Waals surface area (Å²) in [5, 5.41) is 4.39. The van der Waals surface area contributed by atoms with Crippen LogP contribution < -0.4 is 5.73 Å². The molecule has 1 aromatic rings. The predicted octanol–water partition coefficient (Wildman–Crippen LogP) is 1.16. The number of phenolic OH excluding ortho intramolecular Hbond substituents is 1. The van der Waals surface area contributed by atoms with Crippen LogP contribution in [0.3, 0.4) is 0 Å². The lowest BCUT2D eigenvalue weighted by Gasteiger charge is -2.00. The van der Waals surface area contributed by atoms with Crippen LogP contribution in [0.1, 0.15) is 11.1 Å². The van der Waals surface area contributed by atoms with Gasteiger partial charge in [0, 0.05) is 12.1 Å². The van der Waals surface area contributed by atoms with Crippen molar-refractivity contribution in [1.82, 2.24) is 0 Å². The standard InChI is InChI=1S/C8H11NO/c1-6-2-3-7(5-9)8(10)4-6/h2-4,10H,5,9H2,1H3/i/hT. The van der Waals surface area contributed by atoms with Crippen molar-refractivity contribution in [3.8, 4) is 5.75 Å². The third kappa shape index (κ3) is 1.28. The van der Waals surface area contributed by atoms with Crippen molar-refractivity contribution in [1.29, 1.82) is 1.43 Å². The third-order valence-electron chi connectivity index (χ3n) is 1.44. The highest BCUT2D eigenvalue weighted by atomic mass is 16.3. The zero-order valence-corrected chi connectivity index (χ0v) is 5.92. The Kier molecular flexibility index (Phi) is 1.56. The number of phenols is 1. The van der Waals surface area contributed by atoms with Gasteiger partial charge in [-0.05, 0) is 18.6 Å². The highest BCUT2D eigenvalue weighted by molar-refractivity contribution is 5.35. The van der Waals surface area contributed by atoms with E-state index in [4.69, 9.17) is 7.16 Å². The van der Waals surface area contributed by atoms with E-state index in [1.54, 1.807) is 6.07 Å². The van der Waals surface area contributed by atoms with Gasteiger partial charge in [-0.2, -0.15) is 0 Å². The first kappa shape index (κ1) is 5.74. The van der Waals surface area contributed by atoms with Crippen molar-refractivity contribution in [2.75, 3.05) is 0 Å². The van der Waals surface area contributed by atoms with Gasteiger partial charge in [-0.15, -0.1) is 0 Å². The van der Waals surface area contributed by atoms with Crippen LogP contribution in [0.2, 0.25) is 0 Å². The molecule has 0 heterocycles. The second-order valence-corrected chi connectivity index (χ2v) is 2.32. The Hall–Kier alpha value is -1.02. The molecule has 0 saturated carbocycles. The van der Waals surface area contributed by atoms with Crippen LogP contribution in [0.15, 0.2) is 18.2 Å². The second kappa shape index (κ2) is 2.71. The number of benzene rings is 1. The lowest BCUT2D eigenvalue weighted by molar-refractivity contribution is 0.468. The van der Waals surface area contributed by atoms with E-state index in [0.717, 1.165) is 11.1 Å². The maximum atomic E-state index is 6.73. The van der Waals surface area contributed by atoms with E-state index in [1.165, 1.54) is 0 Å². The maximum Gasteiger partial charge on any atom is 0.293 e. The quantitative estimate of drug-likeness (QED) is 0.645. The summed E-state index contributed by atoms with van der Waals surface area (Å²) in [4.78, 5) is 0. The van der Waals surface area contributed by atoms with E-state index in [-0.39, 0.29) is 0 Å². The van der Waals surface area contributed by atoms with Crippen LogP contribution in [0.25, 0.3) is 0 Å². The fraction of sp³-hybridized carbons (Fsp3) is 0.250. The molecule has 0 aliphatic rings. The smallest absolute Gasteiger partial charge is 0.293 e. The van der Waals surface area contributed by atoms with Crippen LogP contribution in [0.5, 0.6) is 5.75 Å². The molecule has 0 unspecified atom stereocenters. The average Bonchev–Trinajstić information content (AvgIpc) is 2.04. The van der Waals surface area contributed by atoms with E-state index < -0.39 is 0 Å². The molecule has 0 bridgehead atoms. The van der Waals surface area contributed by atoms with Crippen molar-refractivity contribution in [2.24, 2.45) is 5.73 Å². The summed E-state index contributed by atoms with van der Waals surface area (Å²) in [6.07, 6.45) is 0. The maximum absolute atomic E-state index is 6.73. The Labute approximate surface area is 61.8 Å². The molecule has 0 aliphatic carbocycles. The largest absolute Gasteiger partial charge is 0.508 e. The molecule has 0 aromatic heterocycles. The molecule has 1 rings (SSSR count). The van der Waals surface area contributed by atoms with Gasteiger partial charge in [0.2, 0.25) is 0 Å². The highest BCUT2D eigenvalue weighted by Crippen LogP contribution is 2.16. The van der Waals surface area contributed by atoms with Gasteiger partial charge in [0.05, 0.1) is 0 Å². The molecular weight excluding hydrogens is 126 g/mol. The third-order valence-corrected chi connectivity index (χ3v) is 1.44. The highest BCUT2D eigenvalue weighted by Gasteiger charge is 1.96. The molecule has 0 radical (unpaired) electrons. The summed E-state index contributed by atoms with van der Waals surface area (Å²) in [5.74, 6) is 0.549. The van der Waals surface area contributed by atoms with E-state index in [1.807, 2.05) is 19.1 Å². The van der Waals surface area contributed by atoms with Gasteiger partial charge in [0.15, 0.2) is 0 Å². The Balaban J connectivity index is 3.06. The Bertz CT molecular complexity index is 250. The number of hydrogen-bond acceptors (Lipinski definition) is 2. The van der Waals surface area contributed by atoms with Crippen LogP contribution in [0, 0.1) is 6.92 Å². The van der Waals surface area contributed by atoms with Crippen molar-refractivity contribution in [3.05, 3.63) is 29.3 Å².